The van der Waals surface area contributed by atoms with Crippen molar-refractivity contribution < 1.29 is 4.79 Å². The van der Waals surface area contributed by atoms with Crippen LogP contribution in [0.5, 0.6) is 0 Å². The van der Waals surface area contributed by atoms with Gasteiger partial charge in [-0.25, -0.2) is 4.98 Å². The SMILES string of the molecule is Cc1nc(NC(=O)c2ccc3c(c2)CCNC3)sc1Cc1ccccc1. The van der Waals surface area contributed by atoms with E-state index >= 15 is 0 Å². The largest absolute Gasteiger partial charge is 0.312 e. The molecule has 4 nitrogen and oxygen atoms in total. The zero-order valence-corrected chi connectivity index (χ0v) is 15.5. The number of anilines is 1. The molecule has 0 bridgehead atoms. The number of hydrogen-bond donors (Lipinski definition) is 2. The average Bonchev–Trinajstić information content (AvgIpc) is 3.01. The van der Waals surface area contributed by atoms with Gasteiger partial charge in [-0.3, -0.25) is 10.1 Å². The minimum absolute atomic E-state index is 0.0913. The molecule has 4 rings (SSSR count). The van der Waals surface area contributed by atoms with Crippen LogP contribution in [0.3, 0.4) is 0 Å². The summed E-state index contributed by atoms with van der Waals surface area (Å²) in [6, 6.07) is 16.3. The van der Waals surface area contributed by atoms with Crippen molar-refractivity contribution in [1.82, 2.24) is 10.3 Å². The predicted octanol–water partition coefficient (Wildman–Crippen LogP) is 3.94. The van der Waals surface area contributed by atoms with Crippen molar-refractivity contribution >= 4 is 22.4 Å². The summed E-state index contributed by atoms with van der Waals surface area (Å²) in [4.78, 5) is 18.3. The maximum Gasteiger partial charge on any atom is 0.257 e. The van der Waals surface area contributed by atoms with Gasteiger partial charge in [0, 0.05) is 23.4 Å². The molecular weight excluding hydrogens is 342 g/mol. The van der Waals surface area contributed by atoms with Gasteiger partial charge in [-0.05, 0) is 48.7 Å². The Hall–Kier alpha value is -2.50. The van der Waals surface area contributed by atoms with Gasteiger partial charge < -0.3 is 5.32 Å². The fourth-order valence-electron chi connectivity index (χ4n) is 3.21. The highest BCUT2D eigenvalue weighted by Crippen LogP contribution is 2.26. The normalized spacial score (nSPS) is 13.3. The van der Waals surface area contributed by atoms with E-state index in [2.05, 4.69) is 27.8 Å². The van der Waals surface area contributed by atoms with Crippen molar-refractivity contribution in [3.8, 4) is 0 Å². The van der Waals surface area contributed by atoms with Crippen LogP contribution in [0.15, 0.2) is 48.5 Å². The molecule has 0 spiro atoms. The van der Waals surface area contributed by atoms with E-state index in [9.17, 15) is 4.79 Å². The Labute approximate surface area is 157 Å². The Morgan fingerprint density at radius 1 is 1.19 bits per heavy atom. The lowest BCUT2D eigenvalue weighted by Crippen LogP contribution is -2.24. The van der Waals surface area contributed by atoms with Crippen LogP contribution in [0.25, 0.3) is 0 Å². The van der Waals surface area contributed by atoms with Gasteiger partial charge in [0.05, 0.1) is 5.69 Å². The highest BCUT2D eigenvalue weighted by molar-refractivity contribution is 7.15. The van der Waals surface area contributed by atoms with Gasteiger partial charge in [-0.15, -0.1) is 11.3 Å². The maximum atomic E-state index is 12.6. The van der Waals surface area contributed by atoms with Crippen molar-refractivity contribution in [2.75, 3.05) is 11.9 Å². The van der Waals surface area contributed by atoms with E-state index in [0.717, 1.165) is 31.6 Å². The lowest BCUT2D eigenvalue weighted by atomic mass is 9.98. The number of aromatic nitrogens is 1. The number of aryl methyl sites for hydroxylation is 1. The third-order valence-corrected chi connectivity index (χ3v) is 5.75. The Kier molecular flexibility index (Phi) is 4.82. The van der Waals surface area contributed by atoms with E-state index in [-0.39, 0.29) is 5.91 Å². The predicted molar refractivity (Wildman–Crippen MR) is 106 cm³/mol. The van der Waals surface area contributed by atoms with Crippen molar-refractivity contribution in [3.63, 3.8) is 0 Å². The standard InChI is InChI=1S/C21H21N3OS/c1-14-19(11-15-5-3-2-4-6-15)26-21(23-14)24-20(25)17-7-8-18-13-22-10-9-16(18)12-17/h2-8,12,22H,9-11,13H2,1H3,(H,23,24,25). The van der Waals surface area contributed by atoms with Crippen molar-refractivity contribution in [2.45, 2.75) is 26.3 Å². The number of thiazole rings is 1. The van der Waals surface area contributed by atoms with Gasteiger partial charge in [0.25, 0.3) is 5.91 Å². The first-order chi connectivity index (χ1) is 12.7. The molecule has 0 atom stereocenters. The van der Waals surface area contributed by atoms with Crippen LogP contribution in [0.2, 0.25) is 0 Å². The maximum absolute atomic E-state index is 12.6. The number of carbonyl (C=O) groups is 1. The zero-order chi connectivity index (χ0) is 17.9. The van der Waals surface area contributed by atoms with E-state index < -0.39 is 0 Å². The van der Waals surface area contributed by atoms with E-state index in [1.807, 2.05) is 43.3 Å². The van der Waals surface area contributed by atoms with Crippen LogP contribution in [0, 0.1) is 6.92 Å². The first-order valence-corrected chi connectivity index (χ1v) is 9.65. The summed E-state index contributed by atoms with van der Waals surface area (Å²) in [5.74, 6) is -0.0913. The van der Waals surface area contributed by atoms with Crippen LogP contribution >= 0.6 is 11.3 Å². The molecule has 0 unspecified atom stereocenters. The fourth-order valence-corrected chi connectivity index (χ4v) is 4.21. The Bertz CT molecular complexity index is 934. The second kappa shape index (κ2) is 7.40. The van der Waals surface area contributed by atoms with Crippen molar-refractivity contribution in [3.05, 3.63) is 81.4 Å². The summed E-state index contributed by atoms with van der Waals surface area (Å²) in [6.45, 7) is 3.84. The van der Waals surface area contributed by atoms with E-state index in [1.165, 1.54) is 21.6 Å². The number of amides is 1. The molecule has 3 aromatic rings. The van der Waals surface area contributed by atoms with Crippen LogP contribution in [-0.4, -0.2) is 17.4 Å². The monoisotopic (exact) mass is 363 g/mol. The number of carbonyl (C=O) groups excluding carboxylic acids is 1. The lowest BCUT2D eigenvalue weighted by molar-refractivity contribution is 0.102. The third kappa shape index (κ3) is 3.69. The van der Waals surface area contributed by atoms with Crippen LogP contribution < -0.4 is 10.6 Å². The molecule has 2 heterocycles. The average molecular weight is 363 g/mol. The topological polar surface area (TPSA) is 54.0 Å². The minimum atomic E-state index is -0.0913. The highest BCUT2D eigenvalue weighted by Gasteiger charge is 2.15. The quantitative estimate of drug-likeness (QED) is 0.738. The molecule has 132 valence electrons. The molecule has 0 fully saturated rings. The number of nitrogens with zero attached hydrogens (tertiary/aromatic N) is 1. The van der Waals surface area contributed by atoms with Crippen molar-refractivity contribution in [1.29, 1.82) is 0 Å². The Balaban J connectivity index is 1.49. The molecule has 26 heavy (non-hydrogen) atoms. The van der Waals surface area contributed by atoms with Gasteiger partial charge in [-0.1, -0.05) is 36.4 Å². The fraction of sp³-hybridized carbons (Fsp3) is 0.238. The summed E-state index contributed by atoms with van der Waals surface area (Å²) in [7, 11) is 0. The molecule has 0 aliphatic carbocycles. The lowest BCUT2D eigenvalue weighted by Gasteiger charge is -2.17. The molecule has 0 saturated carbocycles. The smallest absolute Gasteiger partial charge is 0.257 e. The molecule has 0 radical (unpaired) electrons. The molecule has 1 amide bonds. The zero-order valence-electron chi connectivity index (χ0n) is 14.7. The van der Waals surface area contributed by atoms with E-state index in [4.69, 9.17) is 0 Å². The van der Waals surface area contributed by atoms with Crippen molar-refractivity contribution in [2.24, 2.45) is 0 Å². The first kappa shape index (κ1) is 16.9. The number of hydrogen-bond acceptors (Lipinski definition) is 4. The first-order valence-electron chi connectivity index (χ1n) is 8.83. The second-order valence-corrected chi connectivity index (χ2v) is 7.64. The summed E-state index contributed by atoms with van der Waals surface area (Å²) in [5, 5.41) is 6.98. The van der Waals surface area contributed by atoms with Crippen LogP contribution in [0.4, 0.5) is 5.13 Å². The molecule has 2 N–H and O–H groups in total. The Morgan fingerprint density at radius 2 is 2.04 bits per heavy atom. The van der Waals surface area contributed by atoms with Gasteiger partial charge >= 0.3 is 0 Å². The second-order valence-electron chi connectivity index (χ2n) is 6.55. The minimum Gasteiger partial charge on any atom is -0.312 e. The Morgan fingerprint density at radius 3 is 2.88 bits per heavy atom. The molecule has 1 aliphatic rings. The number of benzene rings is 2. The molecule has 5 heteroatoms. The number of rotatable bonds is 4. The summed E-state index contributed by atoms with van der Waals surface area (Å²) < 4.78 is 0. The highest BCUT2D eigenvalue weighted by atomic mass is 32.1. The molecule has 2 aromatic carbocycles. The summed E-state index contributed by atoms with van der Waals surface area (Å²) in [5.41, 5.74) is 5.47. The number of fused-ring (bicyclic) bond motifs is 1. The van der Waals surface area contributed by atoms with Crippen LogP contribution in [0.1, 0.15) is 37.6 Å². The summed E-state index contributed by atoms with van der Waals surface area (Å²) >= 11 is 1.55. The summed E-state index contributed by atoms with van der Waals surface area (Å²) in [6.07, 6.45) is 1.81. The number of nitrogens with one attached hydrogen (secondary N) is 2. The molecule has 1 aromatic heterocycles. The van der Waals surface area contributed by atoms with Gasteiger partial charge in [0.1, 0.15) is 0 Å². The molecular formula is C21H21N3OS. The molecule has 0 saturated heterocycles. The van der Waals surface area contributed by atoms with E-state index in [0.29, 0.717) is 10.7 Å². The van der Waals surface area contributed by atoms with Gasteiger partial charge in [-0.2, -0.15) is 0 Å². The van der Waals surface area contributed by atoms with E-state index in [1.54, 1.807) is 11.3 Å². The third-order valence-electron chi connectivity index (χ3n) is 4.68. The van der Waals surface area contributed by atoms with Gasteiger partial charge in [0.2, 0.25) is 0 Å². The van der Waals surface area contributed by atoms with Crippen LogP contribution in [-0.2, 0) is 19.4 Å². The molecule has 1 aliphatic heterocycles. The van der Waals surface area contributed by atoms with Gasteiger partial charge in [0.15, 0.2) is 5.13 Å².